The standard InChI is InChI=1S/C20H13Cl2NO3/c21-14-6-12-2-1-3-18(20(12)23-9-14)26-19-7-13-4-11(10-24)5-16(22)15(13)8-17(19)25/h1-9,24-25H,10H2. The van der Waals surface area contributed by atoms with Gasteiger partial charge < -0.3 is 14.9 Å². The molecule has 2 N–H and O–H groups in total. The monoisotopic (exact) mass is 385 g/mol. The Morgan fingerprint density at radius 3 is 2.62 bits per heavy atom. The second kappa shape index (κ2) is 6.65. The maximum Gasteiger partial charge on any atom is 0.169 e. The molecule has 0 fully saturated rings. The van der Waals surface area contributed by atoms with Crippen molar-refractivity contribution in [2.45, 2.75) is 6.61 Å². The Bertz CT molecular complexity index is 1140. The third-order valence-corrected chi connectivity index (χ3v) is 4.60. The summed E-state index contributed by atoms with van der Waals surface area (Å²) in [6, 6.07) is 14.0. The molecule has 0 spiro atoms. The number of aliphatic hydroxyl groups is 1. The molecule has 4 aromatic rings. The van der Waals surface area contributed by atoms with Crippen LogP contribution in [0.3, 0.4) is 0 Å². The van der Waals surface area contributed by atoms with Crippen LogP contribution in [0.25, 0.3) is 21.7 Å². The molecule has 4 rings (SSSR count). The number of aromatic hydroxyl groups is 1. The highest BCUT2D eigenvalue weighted by Crippen LogP contribution is 2.39. The number of halogens is 2. The first-order chi connectivity index (χ1) is 12.5. The summed E-state index contributed by atoms with van der Waals surface area (Å²) in [5.41, 5.74) is 1.32. The molecule has 0 radical (unpaired) electrons. The van der Waals surface area contributed by atoms with Crippen molar-refractivity contribution < 1.29 is 14.9 Å². The van der Waals surface area contributed by atoms with E-state index in [1.807, 2.05) is 12.1 Å². The fourth-order valence-corrected chi connectivity index (χ4v) is 3.34. The Kier molecular flexibility index (Phi) is 4.32. The molecule has 130 valence electrons. The van der Waals surface area contributed by atoms with E-state index >= 15 is 0 Å². The number of para-hydroxylation sites is 1. The second-order valence-corrected chi connectivity index (χ2v) is 6.70. The van der Waals surface area contributed by atoms with Crippen LogP contribution in [0.5, 0.6) is 17.2 Å². The van der Waals surface area contributed by atoms with E-state index in [1.54, 1.807) is 42.6 Å². The van der Waals surface area contributed by atoms with Crippen LogP contribution < -0.4 is 4.74 Å². The molecule has 0 saturated heterocycles. The molecule has 26 heavy (non-hydrogen) atoms. The predicted molar refractivity (Wildman–Crippen MR) is 103 cm³/mol. The Morgan fingerprint density at radius 2 is 1.81 bits per heavy atom. The SMILES string of the molecule is OCc1cc(Cl)c2cc(O)c(Oc3cccc4cc(Cl)cnc34)cc2c1. The third-order valence-electron chi connectivity index (χ3n) is 4.08. The van der Waals surface area contributed by atoms with Gasteiger partial charge in [-0.15, -0.1) is 0 Å². The molecule has 0 unspecified atom stereocenters. The quantitative estimate of drug-likeness (QED) is 0.475. The van der Waals surface area contributed by atoms with E-state index in [0.717, 1.165) is 10.8 Å². The van der Waals surface area contributed by atoms with Crippen LogP contribution in [0.1, 0.15) is 5.56 Å². The van der Waals surface area contributed by atoms with E-state index in [9.17, 15) is 10.2 Å². The number of phenols is 1. The fourth-order valence-electron chi connectivity index (χ4n) is 2.87. The minimum Gasteiger partial charge on any atom is -0.504 e. The highest BCUT2D eigenvalue weighted by atomic mass is 35.5. The number of hydrogen-bond acceptors (Lipinski definition) is 4. The van der Waals surface area contributed by atoms with Gasteiger partial charge >= 0.3 is 0 Å². The fraction of sp³-hybridized carbons (Fsp3) is 0.0500. The number of fused-ring (bicyclic) bond motifs is 2. The zero-order chi connectivity index (χ0) is 18.3. The number of rotatable bonds is 3. The van der Waals surface area contributed by atoms with E-state index in [4.69, 9.17) is 27.9 Å². The van der Waals surface area contributed by atoms with Gasteiger partial charge in [-0.1, -0.05) is 35.3 Å². The lowest BCUT2D eigenvalue weighted by molar-refractivity contribution is 0.282. The number of pyridine rings is 1. The number of aliphatic hydroxyl groups excluding tert-OH is 1. The van der Waals surface area contributed by atoms with Gasteiger partial charge in [-0.3, -0.25) is 4.98 Å². The predicted octanol–water partition coefficient (Wildman–Crippen LogP) is 5.69. The van der Waals surface area contributed by atoms with Gasteiger partial charge in [0, 0.05) is 22.0 Å². The molecule has 6 heteroatoms. The van der Waals surface area contributed by atoms with Crippen LogP contribution in [0.2, 0.25) is 10.0 Å². The summed E-state index contributed by atoms with van der Waals surface area (Å²) in [5, 5.41) is 23.0. The summed E-state index contributed by atoms with van der Waals surface area (Å²) in [6.07, 6.45) is 1.55. The number of phenolic OH excluding ortho intramolecular Hbond substituents is 1. The van der Waals surface area contributed by atoms with E-state index < -0.39 is 0 Å². The van der Waals surface area contributed by atoms with Crippen molar-refractivity contribution in [3.63, 3.8) is 0 Å². The first kappa shape index (κ1) is 16.9. The van der Waals surface area contributed by atoms with Crippen LogP contribution in [-0.2, 0) is 6.61 Å². The van der Waals surface area contributed by atoms with E-state index in [1.165, 1.54) is 0 Å². The van der Waals surface area contributed by atoms with Crippen LogP contribution in [0, 0.1) is 0 Å². The number of ether oxygens (including phenoxy) is 1. The number of hydrogen-bond donors (Lipinski definition) is 2. The highest BCUT2D eigenvalue weighted by Gasteiger charge is 2.12. The van der Waals surface area contributed by atoms with Crippen molar-refractivity contribution in [1.82, 2.24) is 4.98 Å². The van der Waals surface area contributed by atoms with Crippen molar-refractivity contribution >= 4 is 44.9 Å². The molecule has 4 nitrogen and oxygen atoms in total. The molecule has 3 aromatic carbocycles. The number of benzene rings is 3. The minimum absolute atomic E-state index is 0.0397. The van der Waals surface area contributed by atoms with Crippen LogP contribution in [-0.4, -0.2) is 15.2 Å². The largest absolute Gasteiger partial charge is 0.504 e. The van der Waals surface area contributed by atoms with Crippen molar-refractivity contribution in [3.8, 4) is 17.2 Å². The van der Waals surface area contributed by atoms with Gasteiger partial charge in [0.1, 0.15) is 5.52 Å². The molecule has 1 aromatic heterocycles. The number of nitrogens with zero attached hydrogens (tertiary/aromatic N) is 1. The average molecular weight is 386 g/mol. The minimum atomic E-state index is -0.124. The lowest BCUT2D eigenvalue weighted by Crippen LogP contribution is -1.90. The summed E-state index contributed by atoms with van der Waals surface area (Å²) in [5.74, 6) is 0.730. The molecule has 1 heterocycles. The van der Waals surface area contributed by atoms with Gasteiger partial charge in [0.25, 0.3) is 0 Å². The molecule has 0 bridgehead atoms. The van der Waals surface area contributed by atoms with E-state index in [-0.39, 0.29) is 18.1 Å². The maximum atomic E-state index is 10.4. The summed E-state index contributed by atoms with van der Waals surface area (Å²) in [6.45, 7) is -0.124. The van der Waals surface area contributed by atoms with Gasteiger partial charge in [-0.25, -0.2) is 0 Å². The lowest BCUT2D eigenvalue weighted by atomic mass is 10.1. The Morgan fingerprint density at radius 1 is 0.962 bits per heavy atom. The maximum absolute atomic E-state index is 10.4. The first-order valence-electron chi connectivity index (χ1n) is 7.83. The van der Waals surface area contributed by atoms with Crippen LogP contribution >= 0.6 is 23.2 Å². The Labute approximate surface area is 159 Å². The molecular formula is C20H13Cl2NO3. The zero-order valence-corrected chi connectivity index (χ0v) is 14.9. The third kappa shape index (κ3) is 3.03. The second-order valence-electron chi connectivity index (χ2n) is 5.86. The molecule has 0 saturated carbocycles. The molecule has 0 aliphatic carbocycles. The Balaban J connectivity index is 1.84. The zero-order valence-electron chi connectivity index (χ0n) is 13.4. The van der Waals surface area contributed by atoms with Crippen molar-refractivity contribution in [2.75, 3.05) is 0 Å². The van der Waals surface area contributed by atoms with Crippen LogP contribution in [0.4, 0.5) is 0 Å². The van der Waals surface area contributed by atoms with E-state index in [0.29, 0.717) is 32.3 Å². The van der Waals surface area contributed by atoms with Crippen molar-refractivity contribution in [2.24, 2.45) is 0 Å². The normalized spacial score (nSPS) is 11.2. The lowest BCUT2D eigenvalue weighted by Gasteiger charge is -2.12. The molecular weight excluding hydrogens is 373 g/mol. The van der Waals surface area contributed by atoms with Crippen molar-refractivity contribution in [1.29, 1.82) is 0 Å². The Hall–Kier alpha value is -2.53. The molecule has 0 amide bonds. The summed E-state index contributed by atoms with van der Waals surface area (Å²) >= 11 is 12.2. The van der Waals surface area contributed by atoms with Crippen LogP contribution in [0.15, 0.2) is 54.7 Å². The summed E-state index contributed by atoms with van der Waals surface area (Å²) in [7, 11) is 0. The average Bonchev–Trinajstić information content (AvgIpc) is 2.62. The van der Waals surface area contributed by atoms with Gasteiger partial charge in [-0.2, -0.15) is 0 Å². The summed E-state index contributed by atoms with van der Waals surface area (Å²) in [4.78, 5) is 4.32. The highest BCUT2D eigenvalue weighted by molar-refractivity contribution is 6.35. The molecule has 0 aliphatic rings. The van der Waals surface area contributed by atoms with Crippen molar-refractivity contribution in [3.05, 3.63) is 70.3 Å². The topological polar surface area (TPSA) is 62.6 Å². The molecule has 0 atom stereocenters. The van der Waals surface area contributed by atoms with E-state index in [2.05, 4.69) is 4.98 Å². The smallest absolute Gasteiger partial charge is 0.169 e. The summed E-state index contributed by atoms with van der Waals surface area (Å²) < 4.78 is 5.92. The van der Waals surface area contributed by atoms with Gasteiger partial charge in [0.05, 0.1) is 11.6 Å². The first-order valence-corrected chi connectivity index (χ1v) is 8.59. The number of aromatic nitrogens is 1. The molecule has 0 aliphatic heterocycles. The van der Waals surface area contributed by atoms with Gasteiger partial charge in [0.2, 0.25) is 0 Å². The van der Waals surface area contributed by atoms with Gasteiger partial charge in [-0.05, 0) is 47.3 Å². The van der Waals surface area contributed by atoms with Gasteiger partial charge in [0.15, 0.2) is 17.2 Å².